The largest absolute Gasteiger partial charge is 0.371 e. The van der Waals surface area contributed by atoms with E-state index in [2.05, 4.69) is 18.7 Å². The van der Waals surface area contributed by atoms with E-state index in [1.54, 1.807) is 6.07 Å². The summed E-state index contributed by atoms with van der Waals surface area (Å²) in [4.78, 5) is 12.8. The van der Waals surface area contributed by atoms with Crippen molar-refractivity contribution in [2.24, 2.45) is 5.41 Å². The highest BCUT2D eigenvalue weighted by atomic mass is 127. The van der Waals surface area contributed by atoms with Crippen LogP contribution in [0.15, 0.2) is 18.2 Å². The monoisotopic (exact) mass is 360 g/mol. The van der Waals surface area contributed by atoms with Gasteiger partial charge in [-0.25, -0.2) is 0 Å². The van der Waals surface area contributed by atoms with Gasteiger partial charge in [-0.05, 0) is 53.0 Å². The molecule has 0 atom stereocenters. The molecule has 0 bridgehead atoms. The molecule has 1 saturated heterocycles. The molecule has 2 rings (SSSR count). The third-order valence-electron chi connectivity index (χ3n) is 3.61. The summed E-state index contributed by atoms with van der Waals surface area (Å²) in [6.45, 7) is 6.65. The molecule has 1 fully saturated rings. The molecule has 0 aromatic heterocycles. The van der Waals surface area contributed by atoms with E-state index in [0.29, 0.717) is 8.99 Å². The zero-order chi connectivity index (χ0) is 13.3. The lowest BCUT2D eigenvalue weighted by Gasteiger charge is -2.38. The molecule has 0 N–H and O–H groups in total. The molecule has 1 aliphatic rings. The second kappa shape index (κ2) is 5.03. The Balaban J connectivity index is 2.16. The number of rotatable bonds is 2. The molecule has 1 aromatic rings. The predicted octanol–water partition coefficient (Wildman–Crippen LogP) is 3.83. The maximum absolute atomic E-state index is 10.8. The molecule has 0 spiro atoms. The first kappa shape index (κ1) is 13.6. The van der Waals surface area contributed by atoms with Crippen molar-refractivity contribution in [1.29, 1.82) is 0 Å². The molecule has 0 amide bonds. The van der Waals surface area contributed by atoms with Crippen LogP contribution in [0.5, 0.6) is 0 Å². The molecule has 98 valence electrons. The topological polar surface area (TPSA) is 46.4 Å². The van der Waals surface area contributed by atoms with Crippen molar-refractivity contribution >= 4 is 34.0 Å². The summed E-state index contributed by atoms with van der Waals surface area (Å²) in [5.41, 5.74) is 1.71. The average molecular weight is 360 g/mol. The van der Waals surface area contributed by atoms with Gasteiger partial charge < -0.3 is 4.90 Å². The van der Waals surface area contributed by atoms with Crippen LogP contribution >= 0.6 is 22.6 Å². The highest BCUT2D eigenvalue weighted by Crippen LogP contribution is 2.33. The molecule has 18 heavy (non-hydrogen) atoms. The smallest absolute Gasteiger partial charge is 0.282 e. The highest BCUT2D eigenvalue weighted by molar-refractivity contribution is 14.1. The van der Waals surface area contributed by atoms with Gasteiger partial charge in [-0.3, -0.25) is 10.1 Å². The van der Waals surface area contributed by atoms with Crippen LogP contribution in [-0.2, 0) is 0 Å². The van der Waals surface area contributed by atoms with Gasteiger partial charge >= 0.3 is 0 Å². The number of hydrogen-bond donors (Lipinski definition) is 0. The van der Waals surface area contributed by atoms with Crippen molar-refractivity contribution in [3.63, 3.8) is 0 Å². The van der Waals surface area contributed by atoms with E-state index in [9.17, 15) is 10.1 Å². The van der Waals surface area contributed by atoms with Gasteiger partial charge in [0.15, 0.2) is 0 Å². The first-order valence-electron chi connectivity index (χ1n) is 6.08. The number of nitro benzene ring substituents is 1. The molecule has 0 radical (unpaired) electrons. The van der Waals surface area contributed by atoms with Crippen LogP contribution in [0.3, 0.4) is 0 Å². The second-order valence-electron chi connectivity index (χ2n) is 5.54. The molecule has 1 aromatic carbocycles. The lowest BCUT2D eigenvalue weighted by molar-refractivity contribution is -0.385. The minimum absolute atomic E-state index is 0.191. The van der Waals surface area contributed by atoms with Crippen LogP contribution in [0.1, 0.15) is 26.7 Å². The van der Waals surface area contributed by atoms with Gasteiger partial charge in [0.25, 0.3) is 5.69 Å². The van der Waals surface area contributed by atoms with E-state index in [0.717, 1.165) is 18.8 Å². The van der Waals surface area contributed by atoms with Gasteiger partial charge in [0, 0.05) is 24.8 Å². The van der Waals surface area contributed by atoms with E-state index in [1.165, 1.54) is 12.8 Å². The van der Waals surface area contributed by atoms with Crippen LogP contribution in [0.25, 0.3) is 0 Å². The molecular weight excluding hydrogens is 343 g/mol. The number of piperidine rings is 1. The highest BCUT2D eigenvalue weighted by Gasteiger charge is 2.26. The number of nitrogens with zero attached hydrogens (tertiary/aromatic N) is 2. The predicted molar refractivity (Wildman–Crippen MR) is 81.0 cm³/mol. The number of hydrogen-bond acceptors (Lipinski definition) is 3. The van der Waals surface area contributed by atoms with Gasteiger partial charge in [0.2, 0.25) is 0 Å². The van der Waals surface area contributed by atoms with Crippen molar-refractivity contribution in [1.82, 2.24) is 0 Å². The summed E-state index contributed by atoms with van der Waals surface area (Å²) in [5.74, 6) is 0. The van der Waals surface area contributed by atoms with E-state index in [-0.39, 0.29) is 10.6 Å². The van der Waals surface area contributed by atoms with Gasteiger partial charge in [-0.2, -0.15) is 0 Å². The normalized spacial score (nSPS) is 18.7. The second-order valence-corrected chi connectivity index (χ2v) is 6.71. The Hall–Kier alpha value is -0.850. The summed E-state index contributed by atoms with van der Waals surface area (Å²) >= 11 is 2.04. The molecule has 0 unspecified atom stereocenters. The fraction of sp³-hybridized carbons (Fsp3) is 0.538. The van der Waals surface area contributed by atoms with Crippen LogP contribution < -0.4 is 4.90 Å². The lowest BCUT2D eigenvalue weighted by atomic mass is 9.82. The minimum Gasteiger partial charge on any atom is -0.371 e. The summed E-state index contributed by atoms with van der Waals surface area (Å²) < 4.78 is 0.708. The van der Waals surface area contributed by atoms with Crippen LogP contribution in [-0.4, -0.2) is 18.0 Å². The molecule has 1 heterocycles. The van der Waals surface area contributed by atoms with Crippen molar-refractivity contribution in [3.8, 4) is 0 Å². The maximum atomic E-state index is 10.8. The Morgan fingerprint density at radius 3 is 2.44 bits per heavy atom. The van der Waals surface area contributed by atoms with Gasteiger partial charge in [-0.15, -0.1) is 0 Å². The average Bonchev–Trinajstić information content (AvgIpc) is 2.28. The molecule has 5 heteroatoms. The van der Waals surface area contributed by atoms with E-state index in [4.69, 9.17) is 0 Å². The Bertz CT molecular complexity index is 464. The quantitative estimate of drug-likeness (QED) is 0.458. The molecule has 4 nitrogen and oxygen atoms in total. The summed E-state index contributed by atoms with van der Waals surface area (Å²) in [7, 11) is 0. The molecular formula is C13H17IN2O2. The number of halogens is 1. The Morgan fingerprint density at radius 2 is 1.94 bits per heavy atom. The van der Waals surface area contributed by atoms with E-state index in [1.807, 2.05) is 34.7 Å². The van der Waals surface area contributed by atoms with Crippen LogP contribution in [0.2, 0.25) is 0 Å². The number of anilines is 1. The van der Waals surface area contributed by atoms with Gasteiger partial charge in [0.1, 0.15) is 0 Å². The molecule has 0 aliphatic carbocycles. The zero-order valence-corrected chi connectivity index (χ0v) is 12.8. The fourth-order valence-corrected chi connectivity index (χ4v) is 2.91. The third kappa shape index (κ3) is 2.93. The summed E-state index contributed by atoms with van der Waals surface area (Å²) in [6, 6.07) is 5.38. The zero-order valence-electron chi connectivity index (χ0n) is 10.6. The summed E-state index contributed by atoms with van der Waals surface area (Å²) in [6.07, 6.45) is 2.33. The van der Waals surface area contributed by atoms with E-state index < -0.39 is 0 Å². The SMILES string of the molecule is CC1(C)CCN(c2ccc([N+](=O)[O-])c(I)c2)CC1. The third-order valence-corrected chi connectivity index (χ3v) is 4.47. The van der Waals surface area contributed by atoms with Crippen molar-refractivity contribution in [2.45, 2.75) is 26.7 Å². The molecule has 0 saturated carbocycles. The van der Waals surface area contributed by atoms with Crippen LogP contribution in [0.4, 0.5) is 11.4 Å². The van der Waals surface area contributed by atoms with Crippen LogP contribution in [0, 0.1) is 19.1 Å². The first-order valence-corrected chi connectivity index (χ1v) is 7.16. The minimum atomic E-state index is -0.329. The van der Waals surface area contributed by atoms with E-state index >= 15 is 0 Å². The molecule has 1 aliphatic heterocycles. The van der Waals surface area contributed by atoms with Crippen molar-refractivity contribution < 1.29 is 4.92 Å². The van der Waals surface area contributed by atoms with Gasteiger partial charge in [-0.1, -0.05) is 13.8 Å². The summed E-state index contributed by atoms with van der Waals surface area (Å²) in [5, 5.41) is 10.8. The van der Waals surface area contributed by atoms with Crippen molar-refractivity contribution in [3.05, 3.63) is 31.9 Å². The number of benzene rings is 1. The number of nitro groups is 1. The maximum Gasteiger partial charge on any atom is 0.282 e. The Morgan fingerprint density at radius 1 is 1.33 bits per heavy atom. The van der Waals surface area contributed by atoms with Gasteiger partial charge in [0.05, 0.1) is 8.49 Å². The lowest BCUT2D eigenvalue weighted by Crippen LogP contribution is -2.37. The first-order chi connectivity index (χ1) is 8.39. The Labute approximate surface area is 121 Å². The van der Waals surface area contributed by atoms with Crippen molar-refractivity contribution in [2.75, 3.05) is 18.0 Å². The standard InChI is InChI=1S/C13H17IN2O2/c1-13(2)5-7-15(8-6-13)10-3-4-12(16(17)18)11(14)9-10/h3-4,9H,5-8H2,1-2H3. The Kier molecular flexibility index (Phi) is 3.79. The fourth-order valence-electron chi connectivity index (χ4n) is 2.21.